The number of benzene rings is 2. The molecule has 0 radical (unpaired) electrons. The van der Waals surface area contributed by atoms with E-state index in [0.717, 1.165) is 11.3 Å². The molecular formula is C28H32ClN5O4S. The van der Waals surface area contributed by atoms with Crippen LogP contribution < -0.4 is 10.2 Å². The molecule has 11 heteroatoms. The Labute approximate surface area is 237 Å². The highest BCUT2D eigenvalue weighted by Gasteiger charge is 2.24. The Hall–Kier alpha value is -3.47. The molecular weight excluding hydrogens is 538 g/mol. The molecule has 1 saturated heterocycles. The van der Waals surface area contributed by atoms with Crippen molar-refractivity contribution in [1.29, 1.82) is 0 Å². The third-order valence-corrected chi connectivity index (χ3v) is 7.57. The summed E-state index contributed by atoms with van der Waals surface area (Å²) in [6, 6.07) is 14.9. The summed E-state index contributed by atoms with van der Waals surface area (Å²) in [4.78, 5) is 48.5. The van der Waals surface area contributed by atoms with E-state index in [2.05, 4.69) is 15.2 Å². The van der Waals surface area contributed by atoms with Crippen LogP contribution in [0.25, 0.3) is 0 Å². The van der Waals surface area contributed by atoms with Crippen molar-refractivity contribution < 1.29 is 19.1 Å². The number of hydrogen-bond donors (Lipinski definition) is 1. The summed E-state index contributed by atoms with van der Waals surface area (Å²) in [5.41, 5.74) is 3.13. The number of nitrogens with zero attached hydrogens (tertiary/aromatic N) is 4. The molecule has 1 aromatic heterocycles. The summed E-state index contributed by atoms with van der Waals surface area (Å²) in [7, 11) is 1.55. The van der Waals surface area contributed by atoms with Crippen molar-refractivity contribution in [2.45, 2.75) is 13.3 Å². The van der Waals surface area contributed by atoms with Gasteiger partial charge in [0.15, 0.2) is 5.13 Å². The Balaban J connectivity index is 1.28. The third-order valence-electron chi connectivity index (χ3n) is 6.44. The molecule has 2 heterocycles. The van der Waals surface area contributed by atoms with Crippen LogP contribution in [0.15, 0.2) is 53.9 Å². The van der Waals surface area contributed by atoms with E-state index in [1.54, 1.807) is 24.6 Å². The van der Waals surface area contributed by atoms with Crippen LogP contribution in [-0.4, -0.2) is 85.5 Å². The number of para-hydroxylation sites is 1. The minimum Gasteiger partial charge on any atom is -0.383 e. The molecule has 1 N–H and O–H groups in total. The fourth-order valence-corrected chi connectivity index (χ4v) is 5.26. The minimum atomic E-state index is -0.366. The molecule has 4 rings (SSSR count). The summed E-state index contributed by atoms with van der Waals surface area (Å²) in [5.74, 6) is -0.622. The van der Waals surface area contributed by atoms with Gasteiger partial charge in [0.05, 0.1) is 29.4 Å². The maximum Gasteiger partial charge on any atom is 0.254 e. The maximum absolute atomic E-state index is 13.0. The fourth-order valence-electron chi connectivity index (χ4n) is 4.28. The maximum atomic E-state index is 13.0. The number of piperazine rings is 1. The van der Waals surface area contributed by atoms with Gasteiger partial charge in [-0.3, -0.25) is 14.4 Å². The third kappa shape index (κ3) is 7.78. The Kier molecular flexibility index (Phi) is 9.91. The summed E-state index contributed by atoms with van der Waals surface area (Å²) >= 11 is 7.57. The van der Waals surface area contributed by atoms with Gasteiger partial charge in [0.1, 0.15) is 6.54 Å². The van der Waals surface area contributed by atoms with Gasteiger partial charge in [0.25, 0.3) is 5.91 Å². The van der Waals surface area contributed by atoms with Crippen molar-refractivity contribution in [3.8, 4) is 0 Å². The first-order valence-electron chi connectivity index (χ1n) is 12.7. The second kappa shape index (κ2) is 13.5. The first-order valence-corrected chi connectivity index (χ1v) is 14.0. The topological polar surface area (TPSA) is 95.1 Å². The highest BCUT2D eigenvalue weighted by Crippen LogP contribution is 2.26. The molecule has 3 amide bonds. The minimum absolute atomic E-state index is 0.00794. The predicted octanol–water partition coefficient (Wildman–Crippen LogP) is 3.72. The van der Waals surface area contributed by atoms with Crippen molar-refractivity contribution in [3.63, 3.8) is 0 Å². The van der Waals surface area contributed by atoms with Gasteiger partial charge in [0, 0.05) is 50.8 Å². The zero-order chi connectivity index (χ0) is 27.8. The average Bonchev–Trinajstić information content (AvgIpc) is 3.37. The van der Waals surface area contributed by atoms with Crippen LogP contribution in [0.1, 0.15) is 21.6 Å². The van der Waals surface area contributed by atoms with E-state index in [0.29, 0.717) is 54.2 Å². The number of hydrogen-bond acceptors (Lipinski definition) is 7. The normalized spacial score (nSPS) is 13.3. The second-order valence-electron chi connectivity index (χ2n) is 9.27. The molecule has 2 aromatic carbocycles. The Bertz CT molecular complexity index is 1290. The van der Waals surface area contributed by atoms with Gasteiger partial charge >= 0.3 is 0 Å². The van der Waals surface area contributed by atoms with Crippen molar-refractivity contribution in [2.24, 2.45) is 0 Å². The van der Waals surface area contributed by atoms with Gasteiger partial charge in [0.2, 0.25) is 11.8 Å². The zero-order valence-electron chi connectivity index (χ0n) is 22.1. The number of halogens is 1. The molecule has 0 spiro atoms. The van der Waals surface area contributed by atoms with E-state index in [-0.39, 0.29) is 37.2 Å². The highest BCUT2D eigenvalue weighted by molar-refractivity contribution is 7.13. The zero-order valence-corrected chi connectivity index (χ0v) is 23.6. The molecule has 1 aliphatic rings. The highest BCUT2D eigenvalue weighted by atomic mass is 35.5. The second-order valence-corrected chi connectivity index (χ2v) is 10.5. The number of ether oxygens (including phenoxy) is 1. The van der Waals surface area contributed by atoms with Crippen molar-refractivity contribution in [3.05, 3.63) is 75.8 Å². The molecule has 1 fully saturated rings. The van der Waals surface area contributed by atoms with Crippen LogP contribution in [0.2, 0.25) is 5.02 Å². The number of methoxy groups -OCH3 is 1. The molecule has 3 aromatic rings. The van der Waals surface area contributed by atoms with E-state index in [1.807, 2.05) is 48.2 Å². The standard InChI is InChI=1S/C28H32ClN5O4S/c1-20-7-9-21(10-8-20)27(37)34(15-16-38-2)18-25(35)31-28-30-22(19-39-28)17-26(36)33-13-11-32(12-14-33)24-6-4-3-5-23(24)29/h3-10,19H,11-18H2,1-2H3,(H,30,31,35). The summed E-state index contributed by atoms with van der Waals surface area (Å²) in [6.07, 6.45) is 0.157. The van der Waals surface area contributed by atoms with E-state index in [9.17, 15) is 14.4 Å². The van der Waals surface area contributed by atoms with Crippen LogP contribution in [0.5, 0.6) is 0 Å². The van der Waals surface area contributed by atoms with Crippen LogP contribution in [0, 0.1) is 6.92 Å². The van der Waals surface area contributed by atoms with Gasteiger partial charge in [-0.2, -0.15) is 0 Å². The van der Waals surface area contributed by atoms with E-state index >= 15 is 0 Å². The lowest BCUT2D eigenvalue weighted by molar-refractivity contribution is -0.130. The number of anilines is 2. The molecule has 0 bridgehead atoms. The van der Waals surface area contributed by atoms with E-state index in [4.69, 9.17) is 16.3 Å². The summed E-state index contributed by atoms with van der Waals surface area (Å²) in [6.45, 7) is 5.00. The van der Waals surface area contributed by atoms with Gasteiger partial charge in [-0.05, 0) is 31.2 Å². The Morgan fingerprint density at radius 3 is 2.49 bits per heavy atom. The number of rotatable bonds is 10. The molecule has 1 aliphatic heterocycles. The number of thiazole rings is 1. The first-order chi connectivity index (χ1) is 18.8. The molecule has 39 heavy (non-hydrogen) atoms. The lowest BCUT2D eigenvalue weighted by atomic mass is 10.1. The van der Waals surface area contributed by atoms with Crippen molar-refractivity contribution in [1.82, 2.24) is 14.8 Å². The number of aryl methyl sites for hydroxylation is 1. The molecule has 0 aliphatic carbocycles. The Morgan fingerprint density at radius 1 is 1.08 bits per heavy atom. The Morgan fingerprint density at radius 2 is 1.79 bits per heavy atom. The van der Waals surface area contributed by atoms with Crippen molar-refractivity contribution in [2.75, 3.05) is 63.2 Å². The van der Waals surface area contributed by atoms with Gasteiger partial charge in [-0.25, -0.2) is 4.98 Å². The van der Waals surface area contributed by atoms with Crippen LogP contribution in [0.3, 0.4) is 0 Å². The summed E-state index contributed by atoms with van der Waals surface area (Å²) in [5, 5.41) is 5.62. The average molecular weight is 570 g/mol. The monoisotopic (exact) mass is 569 g/mol. The van der Waals surface area contributed by atoms with Gasteiger partial charge < -0.3 is 24.8 Å². The molecule has 0 unspecified atom stereocenters. The molecule has 206 valence electrons. The van der Waals surface area contributed by atoms with Crippen LogP contribution in [-0.2, 0) is 20.7 Å². The number of amides is 3. The van der Waals surface area contributed by atoms with Crippen LogP contribution >= 0.6 is 22.9 Å². The van der Waals surface area contributed by atoms with Gasteiger partial charge in [-0.1, -0.05) is 41.4 Å². The predicted molar refractivity (Wildman–Crippen MR) is 154 cm³/mol. The SMILES string of the molecule is COCCN(CC(=O)Nc1nc(CC(=O)N2CCN(c3ccccc3Cl)CC2)cs1)C(=O)c1ccc(C)cc1. The molecule has 0 atom stereocenters. The largest absolute Gasteiger partial charge is 0.383 e. The summed E-state index contributed by atoms with van der Waals surface area (Å²) < 4.78 is 5.12. The van der Waals surface area contributed by atoms with E-state index < -0.39 is 0 Å². The quantitative estimate of drug-likeness (QED) is 0.400. The van der Waals surface area contributed by atoms with Gasteiger partial charge in [-0.15, -0.1) is 11.3 Å². The fraction of sp³-hybridized carbons (Fsp3) is 0.357. The number of carbonyl (C=O) groups excluding carboxylic acids is 3. The molecule has 0 saturated carbocycles. The smallest absolute Gasteiger partial charge is 0.254 e. The lowest BCUT2D eigenvalue weighted by Crippen LogP contribution is -2.49. The van der Waals surface area contributed by atoms with Crippen molar-refractivity contribution >= 4 is 51.5 Å². The molecule has 9 nitrogen and oxygen atoms in total. The van der Waals surface area contributed by atoms with E-state index in [1.165, 1.54) is 16.2 Å². The number of carbonyl (C=O) groups is 3. The first kappa shape index (κ1) is 28.5. The van der Waals surface area contributed by atoms with Crippen LogP contribution in [0.4, 0.5) is 10.8 Å². The lowest BCUT2D eigenvalue weighted by Gasteiger charge is -2.36. The number of aromatic nitrogens is 1. The number of nitrogens with one attached hydrogen (secondary N) is 1.